The van der Waals surface area contributed by atoms with Crippen molar-refractivity contribution in [3.63, 3.8) is 0 Å². The van der Waals surface area contributed by atoms with Gasteiger partial charge in [-0.25, -0.2) is 0 Å². The van der Waals surface area contributed by atoms with Crippen molar-refractivity contribution in [2.75, 3.05) is 7.11 Å². The summed E-state index contributed by atoms with van der Waals surface area (Å²) in [5.41, 5.74) is 1.31. The number of carbonyl (C=O) groups is 1. The van der Waals surface area contributed by atoms with Crippen LogP contribution >= 0.6 is 11.8 Å². The summed E-state index contributed by atoms with van der Waals surface area (Å²) < 4.78 is 5.16. The van der Waals surface area contributed by atoms with Crippen LogP contribution in [-0.4, -0.2) is 18.6 Å². The van der Waals surface area contributed by atoms with Crippen molar-refractivity contribution in [3.05, 3.63) is 23.8 Å². The van der Waals surface area contributed by atoms with Gasteiger partial charge in [0.05, 0.1) is 7.11 Å². The number of thioether (sulfide) groups is 1. The molecule has 1 aromatic rings. The summed E-state index contributed by atoms with van der Waals surface area (Å²) in [5.74, 6) is 0.899. The summed E-state index contributed by atoms with van der Waals surface area (Å²) in [6.45, 7) is 0. The van der Waals surface area contributed by atoms with E-state index in [9.17, 15) is 4.79 Å². The largest absolute Gasteiger partial charge is 0.497 e. The van der Waals surface area contributed by atoms with Crippen molar-refractivity contribution in [1.29, 1.82) is 0 Å². The van der Waals surface area contributed by atoms with Gasteiger partial charge >= 0.3 is 0 Å². The van der Waals surface area contributed by atoms with Gasteiger partial charge in [0.15, 0.2) is 0 Å². The highest BCUT2D eigenvalue weighted by molar-refractivity contribution is 8.00. The van der Waals surface area contributed by atoms with Gasteiger partial charge < -0.3 is 9.53 Å². The third-order valence-corrected chi connectivity index (χ3v) is 3.71. The summed E-state index contributed by atoms with van der Waals surface area (Å²) in [4.78, 5) is 11.7. The number of ether oxygens (including phenoxy) is 1. The molecule has 3 heteroatoms. The van der Waals surface area contributed by atoms with Crippen LogP contribution in [0.3, 0.4) is 0 Å². The Labute approximate surface area is 87.6 Å². The Kier molecular flexibility index (Phi) is 2.77. The first-order valence-electron chi connectivity index (χ1n) is 4.60. The van der Waals surface area contributed by atoms with Crippen LogP contribution < -0.4 is 4.74 Å². The molecule has 0 saturated heterocycles. The Bertz CT molecular complexity index is 349. The lowest BCUT2D eigenvalue weighted by Gasteiger charge is -2.01. The highest BCUT2D eigenvalue weighted by Crippen LogP contribution is 2.39. The minimum Gasteiger partial charge on any atom is -0.497 e. The van der Waals surface area contributed by atoms with E-state index in [1.807, 2.05) is 6.07 Å². The third kappa shape index (κ3) is 1.77. The van der Waals surface area contributed by atoms with E-state index in [4.69, 9.17) is 4.74 Å². The third-order valence-electron chi connectivity index (χ3n) is 2.37. The van der Waals surface area contributed by atoms with E-state index in [1.165, 1.54) is 10.5 Å². The van der Waals surface area contributed by atoms with Crippen LogP contribution in [0.4, 0.5) is 0 Å². The van der Waals surface area contributed by atoms with Gasteiger partial charge in [0, 0.05) is 16.6 Å². The molecule has 0 radical (unpaired) electrons. The lowest BCUT2D eigenvalue weighted by Crippen LogP contribution is -2.00. The molecule has 0 bridgehead atoms. The maximum Gasteiger partial charge on any atom is 0.121 e. The molecule has 14 heavy (non-hydrogen) atoms. The van der Waals surface area contributed by atoms with E-state index in [2.05, 4.69) is 12.1 Å². The van der Waals surface area contributed by atoms with Gasteiger partial charge in [0.1, 0.15) is 12.0 Å². The van der Waals surface area contributed by atoms with Gasteiger partial charge in [-0.1, -0.05) is 0 Å². The number of benzene rings is 1. The molecule has 0 aromatic heterocycles. The predicted molar refractivity (Wildman–Crippen MR) is 57.0 cm³/mol. The van der Waals surface area contributed by atoms with Gasteiger partial charge in [-0.3, -0.25) is 0 Å². The van der Waals surface area contributed by atoms with E-state index >= 15 is 0 Å². The summed E-state index contributed by atoms with van der Waals surface area (Å²) >= 11 is 1.79. The van der Waals surface area contributed by atoms with Gasteiger partial charge in [0.2, 0.25) is 0 Å². The molecule has 1 aliphatic heterocycles. The zero-order valence-corrected chi connectivity index (χ0v) is 8.84. The standard InChI is InChI=1S/C11H12O2S/c1-13-9-2-3-11-8(6-9)7-10(14-11)4-5-12/h2-3,5-6,10H,4,7H2,1H3. The Morgan fingerprint density at radius 2 is 2.50 bits per heavy atom. The average Bonchev–Trinajstić information content (AvgIpc) is 2.59. The number of hydrogen-bond acceptors (Lipinski definition) is 3. The zero-order chi connectivity index (χ0) is 9.97. The SMILES string of the molecule is COc1ccc2c(c1)CC(CC=O)S2. The summed E-state index contributed by atoms with van der Waals surface area (Å²) in [7, 11) is 1.67. The van der Waals surface area contributed by atoms with Crippen molar-refractivity contribution in [3.8, 4) is 5.75 Å². The number of methoxy groups -OCH3 is 1. The van der Waals surface area contributed by atoms with E-state index < -0.39 is 0 Å². The van der Waals surface area contributed by atoms with Crippen molar-refractivity contribution in [2.24, 2.45) is 0 Å². The second-order valence-corrected chi connectivity index (χ2v) is 4.66. The van der Waals surface area contributed by atoms with E-state index in [0.29, 0.717) is 11.7 Å². The smallest absolute Gasteiger partial charge is 0.121 e. The van der Waals surface area contributed by atoms with E-state index in [0.717, 1.165) is 18.5 Å². The maximum atomic E-state index is 10.4. The monoisotopic (exact) mass is 208 g/mol. The molecule has 0 N–H and O–H groups in total. The molecule has 0 saturated carbocycles. The molecule has 74 valence electrons. The predicted octanol–water partition coefficient (Wildman–Crippen LogP) is 2.30. The Balaban J connectivity index is 2.18. The van der Waals surface area contributed by atoms with Crippen molar-refractivity contribution < 1.29 is 9.53 Å². The van der Waals surface area contributed by atoms with Crippen LogP contribution in [0.15, 0.2) is 23.1 Å². The summed E-state index contributed by atoms with van der Waals surface area (Å²) in [6.07, 6.45) is 2.62. The van der Waals surface area contributed by atoms with Gasteiger partial charge in [-0.05, 0) is 30.2 Å². The highest BCUT2D eigenvalue weighted by atomic mass is 32.2. The van der Waals surface area contributed by atoms with Crippen LogP contribution in [0.5, 0.6) is 5.75 Å². The minimum atomic E-state index is 0.426. The topological polar surface area (TPSA) is 26.3 Å². The molecule has 0 spiro atoms. The average molecular weight is 208 g/mol. The Hall–Kier alpha value is -0.960. The van der Waals surface area contributed by atoms with E-state index in [-0.39, 0.29) is 0 Å². The maximum absolute atomic E-state index is 10.4. The molecule has 0 amide bonds. The highest BCUT2D eigenvalue weighted by Gasteiger charge is 2.21. The summed E-state index contributed by atoms with van der Waals surface area (Å²) in [5, 5.41) is 0.426. The first-order valence-corrected chi connectivity index (χ1v) is 5.48. The van der Waals surface area contributed by atoms with Crippen molar-refractivity contribution >= 4 is 18.0 Å². The first-order chi connectivity index (χ1) is 6.83. The molecule has 0 fully saturated rings. The van der Waals surface area contributed by atoms with Crippen LogP contribution in [0.25, 0.3) is 0 Å². The fraction of sp³-hybridized carbons (Fsp3) is 0.364. The van der Waals surface area contributed by atoms with Gasteiger partial charge in [-0.2, -0.15) is 0 Å². The van der Waals surface area contributed by atoms with Crippen LogP contribution in [0.1, 0.15) is 12.0 Å². The lowest BCUT2D eigenvalue weighted by atomic mass is 10.1. The van der Waals surface area contributed by atoms with Crippen molar-refractivity contribution in [2.45, 2.75) is 23.0 Å². The number of rotatable bonds is 3. The summed E-state index contributed by atoms with van der Waals surface area (Å²) in [6, 6.07) is 6.10. The van der Waals surface area contributed by atoms with Crippen LogP contribution in [0, 0.1) is 0 Å². The quantitative estimate of drug-likeness (QED) is 0.713. The number of aldehydes is 1. The fourth-order valence-corrected chi connectivity index (χ4v) is 2.90. The second-order valence-electron chi connectivity index (χ2n) is 3.32. The number of fused-ring (bicyclic) bond motifs is 1. The first kappa shape index (κ1) is 9.59. The molecule has 2 nitrogen and oxygen atoms in total. The van der Waals surface area contributed by atoms with Gasteiger partial charge in [-0.15, -0.1) is 11.8 Å². The molecule has 1 aromatic carbocycles. The zero-order valence-electron chi connectivity index (χ0n) is 8.03. The molecule has 2 rings (SSSR count). The Morgan fingerprint density at radius 1 is 1.64 bits per heavy atom. The molecule has 1 heterocycles. The molecule has 1 atom stereocenters. The number of carbonyl (C=O) groups excluding carboxylic acids is 1. The molecule has 0 aliphatic carbocycles. The Morgan fingerprint density at radius 3 is 3.21 bits per heavy atom. The van der Waals surface area contributed by atoms with Crippen LogP contribution in [0.2, 0.25) is 0 Å². The van der Waals surface area contributed by atoms with Crippen molar-refractivity contribution in [1.82, 2.24) is 0 Å². The lowest BCUT2D eigenvalue weighted by molar-refractivity contribution is -0.107. The molecular weight excluding hydrogens is 196 g/mol. The minimum absolute atomic E-state index is 0.426. The second kappa shape index (κ2) is 4.05. The molecule has 1 unspecified atom stereocenters. The van der Waals surface area contributed by atoms with Crippen LogP contribution in [-0.2, 0) is 11.2 Å². The number of hydrogen-bond donors (Lipinski definition) is 0. The molecular formula is C11H12O2S. The van der Waals surface area contributed by atoms with Gasteiger partial charge in [0.25, 0.3) is 0 Å². The molecule has 1 aliphatic rings. The normalized spacial score (nSPS) is 19.1. The fourth-order valence-electron chi connectivity index (χ4n) is 1.66. The van der Waals surface area contributed by atoms with E-state index in [1.54, 1.807) is 18.9 Å².